The highest BCUT2D eigenvalue weighted by Gasteiger charge is 2.24. The molecule has 1 aromatic carbocycles. The van der Waals surface area contributed by atoms with Crippen LogP contribution in [-0.2, 0) is 4.79 Å². The van der Waals surface area contributed by atoms with E-state index >= 15 is 0 Å². The molecule has 6 nitrogen and oxygen atoms in total. The van der Waals surface area contributed by atoms with Crippen molar-refractivity contribution in [3.05, 3.63) is 34.3 Å². The van der Waals surface area contributed by atoms with Crippen molar-refractivity contribution >= 4 is 23.5 Å². The van der Waals surface area contributed by atoms with Crippen molar-refractivity contribution in [2.24, 2.45) is 0 Å². The molecule has 0 amide bonds. The van der Waals surface area contributed by atoms with E-state index < -0.39 is 30.6 Å². The Kier molecular flexibility index (Phi) is 4.66. The first kappa shape index (κ1) is 14.4. The molecule has 2 unspecified atom stereocenters. The summed E-state index contributed by atoms with van der Waals surface area (Å²) in [6.07, 6.45) is -3.80. The summed E-state index contributed by atoms with van der Waals surface area (Å²) in [5.41, 5.74) is -0.138. The molecule has 18 heavy (non-hydrogen) atoms. The highest BCUT2D eigenvalue weighted by molar-refractivity contribution is 6.31. The van der Waals surface area contributed by atoms with Gasteiger partial charge in [-0.15, -0.1) is 0 Å². The molecule has 0 fully saturated rings. The summed E-state index contributed by atoms with van der Waals surface area (Å²) in [6, 6.07) is 3.60. The van der Waals surface area contributed by atoms with Crippen LogP contribution in [-0.4, -0.2) is 38.5 Å². The van der Waals surface area contributed by atoms with Gasteiger partial charge in [-0.25, -0.2) is 4.79 Å². The molecule has 2 atom stereocenters. The van der Waals surface area contributed by atoms with Gasteiger partial charge in [0.25, 0.3) is 0 Å². The van der Waals surface area contributed by atoms with E-state index in [9.17, 15) is 19.8 Å². The van der Waals surface area contributed by atoms with Gasteiger partial charge in [0, 0.05) is 10.6 Å². The van der Waals surface area contributed by atoms with E-state index in [0.29, 0.717) is 0 Å². The molecule has 0 saturated carbocycles. The minimum atomic E-state index is -1.57. The van der Waals surface area contributed by atoms with E-state index in [1.54, 1.807) is 0 Å². The average molecular weight is 275 g/mol. The first-order valence-corrected chi connectivity index (χ1v) is 5.31. The van der Waals surface area contributed by atoms with Crippen LogP contribution in [0.25, 0.3) is 0 Å². The van der Waals surface area contributed by atoms with Gasteiger partial charge in [-0.3, -0.25) is 4.79 Å². The Morgan fingerprint density at radius 2 is 1.83 bits per heavy atom. The second-order valence-corrected chi connectivity index (χ2v) is 4.06. The van der Waals surface area contributed by atoms with Crippen LogP contribution in [0.3, 0.4) is 0 Å². The van der Waals surface area contributed by atoms with E-state index in [4.69, 9.17) is 21.8 Å². The summed E-state index contributed by atoms with van der Waals surface area (Å²) in [7, 11) is 0. The number of aliphatic hydroxyl groups excluding tert-OH is 2. The molecule has 0 bridgehead atoms. The number of aliphatic carboxylic acids is 1. The normalized spacial score (nSPS) is 13.9. The second-order valence-electron chi connectivity index (χ2n) is 3.65. The van der Waals surface area contributed by atoms with E-state index in [1.807, 2.05) is 0 Å². The first-order valence-electron chi connectivity index (χ1n) is 4.93. The standard InChI is InChI=1S/C11H11ClO6/c12-7-2-1-5(11(17)18)3-6(7)10(16)8(13)4-9(14)15/h1-3,8,10,13,16H,4H2,(H,14,15)(H,17,18). The molecule has 0 spiro atoms. The first-order chi connectivity index (χ1) is 8.32. The number of rotatable bonds is 5. The van der Waals surface area contributed by atoms with Crippen molar-refractivity contribution in [3.63, 3.8) is 0 Å². The fraction of sp³-hybridized carbons (Fsp3) is 0.273. The van der Waals surface area contributed by atoms with Gasteiger partial charge in [-0.05, 0) is 18.2 Å². The van der Waals surface area contributed by atoms with Gasteiger partial charge < -0.3 is 20.4 Å². The summed E-state index contributed by atoms with van der Waals surface area (Å²) < 4.78 is 0. The number of aromatic carboxylic acids is 1. The summed E-state index contributed by atoms with van der Waals surface area (Å²) in [5, 5.41) is 36.5. The van der Waals surface area contributed by atoms with E-state index in [1.165, 1.54) is 12.1 Å². The third-order valence-electron chi connectivity index (χ3n) is 2.31. The average Bonchev–Trinajstić information content (AvgIpc) is 2.27. The zero-order valence-electron chi connectivity index (χ0n) is 9.08. The highest BCUT2D eigenvalue weighted by Crippen LogP contribution is 2.27. The van der Waals surface area contributed by atoms with E-state index in [0.717, 1.165) is 6.07 Å². The number of carbonyl (C=O) groups is 2. The van der Waals surface area contributed by atoms with Gasteiger partial charge in [0.1, 0.15) is 6.10 Å². The van der Waals surface area contributed by atoms with E-state index in [2.05, 4.69) is 0 Å². The molecule has 0 heterocycles. The monoisotopic (exact) mass is 274 g/mol. The minimum Gasteiger partial charge on any atom is -0.481 e. The smallest absolute Gasteiger partial charge is 0.335 e. The maximum Gasteiger partial charge on any atom is 0.335 e. The van der Waals surface area contributed by atoms with Gasteiger partial charge in [0.15, 0.2) is 0 Å². The summed E-state index contributed by atoms with van der Waals surface area (Å²) in [4.78, 5) is 21.2. The van der Waals surface area contributed by atoms with Crippen LogP contribution in [0.15, 0.2) is 18.2 Å². The lowest BCUT2D eigenvalue weighted by Gasteiger charge is -2.18. The number of hydrogen-bond acceptors (Lipinski definition) is 4. The SMILES string of the molecule is O=C(O)CC(O)C(O)c1cc(C(=O)O)ccc1Cl. The summed E-state index contributed by atoms with van der Waals surface area (Å²) in [5.74, 6) is -2.50. The number of carboxylic acids is 2. The van der Waals surface area contributed by atoms with Crippen LogP contribution in [0.5, 0.6) is 0 Å². The number of benzene rings is 1. The van der Waals surface area contributed by atoms with Gasteiger partial charge in [0.05, 0.1) is 18.1 Å². The van der Waals surface area contributed by atoms with Gasteiger partial charge in [-0.1, -0.05) is 11.6 Å². The van der Waals surface area contributed by atoms with Crippen molar-refractivity contribution in [1.29, 1.82) is 0 Å². The molecule has 4 N–H and O–H groups in total. The lowest BCUT2D eigenvalue weighted by molar-refractivity contribution is -0.141. The fourth-order valence-corrected chi connectivity index (χ4v) is 1.63. The van der Waals surface area contributed by atoms with Crippen LogP contribution in [0.1, 0.15) is 28.4 Å². The summed E-state index contributed by atoms with van der Waals surface area (Å²) in [6.45, 7) is 0. The molecule has 98 valence electrons. The molecule has 0 aromatic heterocycles. The maximum atomic E-state index is 10.8. The highest BCUT2D eigenvalue weighted by atomic mass is 35.5. The predicted octanol–water partition coefficient (Wildman–Crippen LogP) is 0.907. The lowest BCUT2D eigenvalue weighted by Crippen LogP contribution is -2.22. The lowest BCUT2D eigenvalue weighted by atomic mass is 10.00. The topological polar surface area (TPSA) is 115 Å². The predicted molar refractivity (Wildman–Crippen MR) is 61.6 cm³/mol. The molecule has 1 aromatic rings. The molecular weight excluding hydrogens is 264 g/mol. The zero-order valence-corrected chi connectivity index (χ0v) is 9.83. The number of halogens is 1. The fourth-order valence-electron chi connectivity index (χ4n) is 1.40. The Labute approximate surface area is 107 Å². The van der Waals surface area contributed by atoms with Gasteiger partial charge in [0.2, 0.25) is 0 Å². The quantitative estimate of drug-likeness (QED) is 0.634. The Balaban J connectivity index is 3.03. The molecule has 1 rings (SSSR count). The second kappa shape index (κ2) is 5.81. The van der Waals surface area contributed by atoms with Crippen molar-refractivity contribution in [1.82, 2.24) is 0 Å². The number of carboxylic acid groups (broad SMARTS) is 2. The van der Waals surface area contributed by atoms with Crippen molar-refractivity contribution in [2.75, 3.05) is 0 Å². The van der Waals surface area contributed by atoms with Crippen LogP contribution in [0.4, 0.5) is 0 Å². The third kappa shape index (κ3) is 3.43. The van der Waals surface area contributed by atoms with Crippen LogP contribution in [0, 0.1) is 0 Å². The van der Waals surface area contributed by atoms with Crippen molar-refractivity contribution in [3.8, 4) is 0 Å². The molecular formula is C11H11ClO6. The molecule has 0 aliphatic carbocycles. The van der Waals surface area contributed by atoms with Crippen LogP contribution in [0.2, 0.25) is 5.02 Å². The Bertz CT molecular complexity index is 473. The van der Waals surface area contributed by atoms with Crippen LogP contribution < -0.4 is 0 Å². The number of aliphatic hydroxyl groups is 2. The zero-order chi connectivity index (χ0) is 13.9. The Hall–Kier alpha value is -1.63. The van der Waals surface area contributed by atoms with Crippen molar-refractivity contribution < 1.29 is 30.0 Å². The van der Waals surface area contributed by atoms with Crippen LogP contribution >= 0.6 is 11.6 Å². The largest absolute Gasteiger partial charge is 0.481 e. The molecule has 0 radical (unpaired) electrons. The van der Waals surface area contributed by atoms with Gasteiger partial charge in [-0.2, -0.15) is 0 Å². The van der Waals surface area contributed by atoms with E-state index in [-0.39, 0.29) is 16.1 Å². The molecule has 0 aliphatic rings. The number of hydrogen-bond donors (Lipinski definition) is 4. The minimum absolute atomic E-state index is 0.0229. The Morgan fingerprint density at radius 1 is 1.22 bits per heavy atom. The Morgan fingerprint density at radius 3 is 2.33 bits per heavy atom. The maximum absolute atomic E-state index is 10.8. The third-order valence-corrected chi connectivity index (χ3v) is 2.65. The molecule has 7 heteroatoms. The van der Waals surface area contributed by atoms with Gasteiger partial charge >= 0.3 is 11.9 Å². The molecule has 0 saturated heterocycles. The molecule has 0 aliphatic heterocycles. The summed E-state index contributed by atoms with van der Waals surface area (Å²) >= 11 is 5.76. The van der Waals surface area contributed by atoms with Crippen molar-refractivity contribution in [2.45, 2.75) is 18.6 Å².